The molecule has 0 spiro atoms. The minimum Gasteiger partial charge on any atom is -0.371 e. The lowest BCUT2D eigenvalue weighted by atomic mass is 10.1. The molecular formula is C13H26N2O2. The van der Waals surface area contributed by atoms with E-state index in [4.69, 9.17) is 4.74 Å². The predicted molar refractivity (Wildman–Crippen MR) is 69.0 cm³/mol. The molecule has 17 heavy (non-hydrogen) atoms. The average molecular weight is 242 g/mol. The van der Waals surface area contributed by atoms with Gasteiger partial charge in [0.2, 0.25) is 5.91 Å². The highest BCUT2D eigenvalue weighted by atomic mass is 16.5. The van der Waals surface area contributed by atoms with Crippen LogP contribution in [-0.2, 0) is 9.53 Å². The SMILES string of the molecule is CCN(C)C(=O)C(C)NCC1CCC(C)(C)O1. The van der Waals surface area contributed by atoms with E-state index in [9.17, 15) is 4.79 Å². The zero-order valence-electron chi connectivity index (χ0n) is 11.7. The molecule has 0 bridgehead atoms. The van der Waals surface area contributed by atoms with Gasteiger partial charge in [0.15, 0.2) is 0 Å². The van der Waals surface area contributed by atoms with Crippen LogP contribution in [0.2, 0.25) is 0 Å². The topological polar surface area (TPSA) is 41.6 Å². The molecule has 1 N–H and O–H groups in total. The first-order chi connectivity index (χ1) is 7.85. The molecule has 2 unspecified atom stereocenters. The highest BCUT2D eigenvalue weighted by Gasteiger charge is 2.31. The van der Waals surface area contributed by atoms with Gasteiger partial charge in [-0.15, -0.1) is 0 Å². The number of carbonyl (C=O) groups is 1. The Kier molecular flexibility index (Phi) is 4.95. The van der Waals surface area contributed by atoms with Crippen molar-refractivity contribution in [3.8, 4) is 0 Å². The first-order valence-electron chi connectivity index (χ1n) is 6.52. The number of rotatable bonds is 5. The van der Waals surface area contributed by atoms with Gasteiger partial charge in [0.25, 0.3) is 0 Å². The monoisotopic (exact) mass is 242 g/mol. The molecule has 100 valence electrons. The minimum atomic E-state index is -0.132. The molecule has 0 radical (unpaired) electrons. The first kappa shape index (κ1) is 14.5. The van der Waals surface area contributed by atoms with Crippen molar-refractivity contribution < 1.29 is 9.53 Å². The van der Waals surface area contributed by atoms with Gasteiger partial charge < -0.3 is 15.0 Å². The third-order valence-electron chi connectivity index (χ3n) is 3.43. The Bertz CT molecular complexity index is 266. The van der Waals surface area contributed by atoms with E-state index in [1.165, 1.54) is 0 Å². The normalized spacial score (nSPS) is 24.6. The molecule has 0 saturated carbocycles. The van der Waals surface area contributed by atoms with E-state index in [1.54, 1.807) is 4.90 Å². The predicted octanol–water partition coefficient (Wildman–Crippen LogP) is 1.40. The van der Waals surface area contributed by atoms with Crippen LogP contribution in [0.3, 0.4) is 0 Å². The standard InChI is InChI=1S/C13H26N2O2/c1-6-15(5)12(16)10(2)14-9-11-7-8-13(3,4)17-11/h10-11,14H,6-9H2,1-5H3. The number of nitrogens with one attached hydrogen (secondary N) is 1. The number of ether oxygens (including phenoxy) is 1. The first-order valence-corrected chi connectivity index (χ1v) is 6.52. The van der Waals surface area contributed by atoms with Crippen molar-refractivity contribution >= 4 is 5.91 Å². The second kappa shape index (κ2) is 5.83. The molecule has 1 amide bonds. The van der Waals surface area contributed by atoms with Gasteiger partial charge in [-0.2, -0.15) is 0 Å². The van der Waals surface area contributed by atoms with Crippen LogP contribution < -0.4 is 5.32 Å². The molecule has 0 aromatic carbocycles. The summed E-state index contributed by atoms with van der Waals surface area (Å²) in [4.78, 5) is 13.6. The summed E-state index contributed by atoms with van der Waals surface area (Å²) < 4.78 is 5.88. The van der Waals surface area contributed by atoms with Crippen LogP contribution in [0.15, 0.2) is 0 Å². The van der Waals surface area contributed by atoms with E-state index in [0.29, 0.717) is 0 Å². The van der Waals surface area contributed by atoms with Crippen molar-refractivity contribution in [1.82, 2.24) is 10.2 Å². The summed E-state index contributed by atoms with van der Waals surface area (Å²) in [6.07, 6.45) is 2.41. The van der Waals surface area contributed by atoms with Crippen LogP contribution in [-0.4, -0.2) is 48.7 Å². The maximum atomic E-state index is 11.8. The van der Waals surface area contributed by atoms with Gasteiger partial charge >= 0.3 is 0 Å². The Labute approximate surface area is 105 Å². The van der Waals surface area contributed by atoms with E-state index < -0.39 is 0 Å². The summed E-state index contributed by atoms with van der Waals surface area (Å²) in [6, 6.07) is -0.132. The van der Waals surface area contributed by atoms with Crippen LogP contribution in [0.25, 0.3) is 0 Å². The van der Waals surface area contributed by atoms with Crippen LogP contribution in [0, 0.1) is 0 Å². The molecular weight excluding hydrogens is 216 g/mol. The summed E-state index contributed by atoms with van der Waals surface area (Å²) in [5.74, 6) is 0.143. The van der Waals surface area contributed by atoms with Gasteiger partial charge in [-0.3, -0.25) is 4.79 Å². The zero-order valence-corrected chi connectivity index (χ0v) is 11.7. The quantitative estimate of drug-likeness (QED) is 0.792. The molecule has 1 aliphatic heterocycles. The highest BCUT2D eigenvalue weighted by Crippen LogP contribution is 2.28. The van der Waals surface area contributed by atoms with E-state index in [0.717, 1.165) is 25.9 Å². The van der Waals surface area contributed by atoms with Crippen molar-refractivity contribution in [2.75, 3.05) is 20.1 Å². The second-order valence-electron chi connectivity index (χ2n) is 5.52. The number of hydrogen-bond donors (Lipinski definition) is 1. The van der Waals surface area contributed by atoms with E-state index >= 15 is 0 Å². The average Bonchev–Trinajstić information content (AvgIpc) is 2.63. The molecule has 1 aliphatic rings. The van der Waals surface area contributed by atoms with E-state index in [2.05, 4.69) is 19.2 Å². The zero-order chi connectivity index (χ0) is 13.1. The summed E-state index contributed by atoms with van der Waals surface area (Å²) in [7, 11) is 1.83. The molecule has 1 saturated heterocycles. The van der Waals surface area contributed by atoms with Gasteiger partial charge in [-0.25, -0.2) is 0 Å². The van der Waals surface area contributed by atoms with Gasteiger partial charge in [0.05, 0.1) is 17.7 Å². The fraction of sp³-hybridized carbons (Fsp3) is 0.923. The number of nitrogens with zero attached hydrogens (tertiary/aromatic N) is 1. The summed E-state index contributed by atoms with van der Waals surface area (Å²) >= 11 is 0. The number of amides is 1. The van der Waals surface area contributed by atoms with Crippen molar-refractivity contribution in [2.24, 2.45) is 0 Å². The van der Waals surface area contributed by atoms with Gasteiger partial charge in [-0.1, -0.05) is 0 Å². The minimum absolute atomic E-state index is 0.000195. The Balaban J connectivity index is 2.29. The molecule has 0 aromatic heterocycles. The highest BCUT2D eigenvalue weighted by molar-refractivity contribution is 5.81. The maximum Gasteiger partial charge on any atom is 0.239 e. The molecule has 1 rings (SSSR count). The van der Waals surface area contributed by atoms with Crippen molar-refractivity contribution in [1.29, 1.82) is 0 Å². The lowest BCUT2D eigenvalue weighted by Gasteiger charge is -2.23. The van der Waals surface area contributed by atoms with Gasteiger partial charge in [0.1, 0.15) is 0 Å². The molecule has 1 heterocycles. The largest absolute Gasteiger partial charge is 0.371 e. The van der Waals surface area contributed by atoms with Gasteiger partial charge in [0, 0.05) is 20.1 Å². The van der Waals surface area contributed by atoms with E-state index in [-0.39, 0.29) is 23.7 Å². The Morgan fingerprint density at radius 2 is 2.24 bits per heavy atom. The Morgan fingerprint density at radius 1 is 1.59 bits per heavy atom. The van der Waals surface area contributed by atoms with Crippen LogP contribution in [0.1, 0.15) is 40.5 Å². The Hall–Kier alpha value is -0.610. The molecule has 4 nitrogen and oxygen atoms in total. The maximum absolute atomic E-state index is 11.8. The van der Waals surface area contributed by atoms with Crippen LogP contribution in [0.4, 0.5) is 0 Å². The third-order valence-corrected chi connectivity index (χ3v) is 3.43. The molecule has 0 aliphatic carbocycles. The second-order valence-corrected chi connectivity index (χ2v) is 5.52. The van der Waals surface area contributed by atoms with Crippen LogP contribution >= 0.6 is 0 Å². The smallest absolute Gasteiger partial charge is 0.239 e. The fourth-order valence-electron chi connectivity index (χ4n) is 2.10. The summed E-state index contributed by atoms with van der Waals surface area (Å²) in [5.41, 5.74) is -0.000195. The fourth-order valence-corrected chi connectivity index (χ4v) is 2.10. The van der Waals surface area contributed by atoms with E-state index in [1.807, 2.05) is 20.9 Å². The number of likely N-dealkylation sites (N-methyl/N-ethyl adjacent to an activating group) is 1. The van der Waals surface area contributed by atoms with Crippen LogP contribution in [0.5, 0.6) is 0 Å². The van der Waals surface area contributed by atoms with Crippen molar-refractivity contribution in [3.63, 3.8) is 0 Å². The number of hydrogen-bond acceptors (Lipinski definition) is 3. The number of carbonyl (C=O) groups excluding carboxylic acids is 1. The lowest BCUT2D eigenvalue weighted by Crippen LogP contribution is -2.45. The lowest BCUT2D eigenvalue weighted by molar-refractivity contribution is -0.131. The Morgan fingerprint density at radius 3 is 2.71 bits per heavy atom. The molecule has 4 heteroatoms. The summed E-state index contributed by atoms with van der Waals surface area (Å²) in [5, 5.41) is 3.26. The molecule has 1 fully saturated rings. The molecule has 2 atom stereocenters. The molecule has 0 aromatic rings. The third kappa shape index (κ3) is 4.28. The van der Waals surface area contributed by atoms with Crippen molar-refractivity contribution in [2.45, 2.75) is 58.3 Å². The summed E-state index contributed by atoms with van der Waals surface area (Å²) in [6.45, 7) is 9.63. The van der Waals surface area contributed by atoms with Crippen molar-refractivity contribution in [3.05, 3.63) is 0 Å². The van der Waals surface area contributed by atoms with Gasteiger partial charge in [-0.05, 0) is 40.5 Å².